The summed E-state index contributed by atoms with van der Waals surface area (Å²) in [7, 11) is 0. The molecule has 1 aromatic heterocycles. The minimum absolute atomic E-state index is 0.0455. The average Bonchev–Trinajstić information content (AvgIpc) is 2.94. The molecule has 5 N–H and O–H groups in total. The van der Waals surface area contributed by atoms with Gasteiger partial charge in [0.25, 0.3) is 6.20 Å². The van der Waals surface area contributed by atoms with E-state index >= 15 is 0 Å². The van der Waals surface area contributed by atoms with Gasteiger partial charge in [-0.25, -0.2) is 4.98 Å². The number of aliphatic imine (C=N–C) groups is 1. The molecule has 8 nitrogen and oxygen atoms in total. The van der Waals surface area contributed by atoms with E-state index in [1.807, 2.05) is 29.6 Å². The van der Waals surface area contributed by atoms with Crippen LogP contribution in [0.15, 0.2) is 45.9 Å². The van der Waals surface area contributed by atoms with Crippen molar-refractivity contribution < 1.29 is 4.92 Å². The fourth-order valence-corrected chi connectivity index (χ4v) is 2.82. The van der Waals surface area contributed by atoms with E-state index in [0.29, 0.717) is 10.2 Å². The maximum atomic E-state index is 10.6. The van der Waals surface area contributed by atoms with Crippen LogP contribution in [0.5, 0.6) is 0 Å². The van der Waals surface area contributed by atoms with Gasteiger partial charge in [-0.15, -0.1) is 23.1 Å². The van der Waals surface area contributed by atoms with E-state index in [1.54, 1.807) is 6.26 Å². The summed E-state index contributed by atoms with van der Waals surface area (Å²) in [6.45, 7) is 0. The van der Waals surface area contributed by atoms with E-state index in [2.05, 4.69) is 15.3 Å². The Bertz CT molecular complexity index is 767. The van der Waals surface area contributed by atoms with E-state index in [9.17, 15) is 10.1 Å². The van der Waals surface area contributed by atoms with Gasteiger partial charge in [0, 0.05) is 16.6 Å². The first-order valence-electron chi connectivity index (χ1n) is 6.30. The maximum Gasteiger partial charge on any atom is 0.264 e. The molecular weight excluding hydrogens is 336 g/mol. The standard InChI is InChI=1S/C13H14N6O2S2/c1-22-11(6-19(20)21)16-9-4-2-3-8(5-9)10-7-23-13(17-10)18-12(14)15/h2-7,16H,1H3,(H4,14,15,17,18)/b11-6-. The summed E-state index contributed by atoms with van der Waals surface area (Å²) in [5.74, 6) is -0.0455. The zero-order chi connectivity index (χ0) is 16.8. The summed E-state index contributed by atoms with van der Waals surface area (Å²) in [4.78, 5) is 18.3. The average molecular weight is 350 g/mol. The Morgan fingerprint density at radius 3 is 2.96 bits per heavy atom. The van der Waals surface area contributed by atoms with Gasteiger partial charge in [0.1, 0.15) is 5.03 Å². The number of aromatic nitrogens is 1. The lowest BCUT2D eigenvalue weighted by molar-refractivity contribution is -0.402. The summed E-state index contributed by atoms with van der Waals surface area (Å²) in [6.07, 6.45) is 2.69. The third kappa shape index (κ3) is 4.97. The molecule has 0 aliphatic heterocycles. The number of anilines is 1. The molecule has 0 unspecified atom stereocenters. The molecule has 0 amide bonds. The number of thiazole rings is 1. The Kier molecular flexibility index (Phi) is 5.55. The predicted molar refractivity (Wildman–Crippen MR) is 95.2 cm³/mol. The molecule has 0 saturated heterocycles. The van der Waals surface area contributed by atoms with Crippen LogP contribution < -0.4 is 16.8 Å². The van der Waals surface area contributed by atoms with Gasteiger partial charge in [-0.05, 0) is 18.4 Å². The number of hydrogen-bond donors (Lipinski definition) is 3. The second-order valence-electron chi connectivity index (χ2n) is 4.24. The molecule has 0 atom stereocenters. The molecule has 0 bridgehead atoms. The first-order chi connectivity index (χ1) is 11.0. The van der Waals surface area contributed by atoms with Crippen molar-refractivity contribution >= 4 is 39.9 Å². The molecule has 1 aromatic carbocycles. The fraction of sp³-hybridized carbons (Fsp3) is 0.0769. The molecule has 0 spiro atoms. The number of rotatable bonds is 6. The van der Waals surface area contributed by atoms with Crippen LogP contribution in [-0.4, -0.2) is 22.1 Å². The molecule has 0 aliphatic rings. The number of hydrogen-bond acceptors (Lipinski definition) is 7. The van der Waals surface area contributed by atoms with Crippen LogP contribution in [0.25, 0.3) is 11.3 Å². The number of nitrogens with one attached hydrogen (secondary N) is 1. The number of guanidine groups is 1. The third-order valence-corrected chi connectivity index (χ3v) is 3.97. The summed E-state index contributed by atoms with van der Waals surface area (Å²) in [5, 5.41) is 16.3. The second-order valence-corrected chi connectivity index (χ2v) is 5.93. The molecule has 10 heteroatoms. The highest BCUT2D eigenvalue weighted by molar-refractivity contribution is 8.02. The van der Waals surface area contributed by atoms with Gasteiger partial charge in [0.2, 0.25) is 5.13 Å². The number of thioether (sulfide) groups is 1. The molecule has 120 valence electrons. The summed E-state index contributed by atoms with van der Waals surface area (Å²) >= 11 is 2.58. The Morgan fingerprint density at radius 1 is 1.52 bits per heavy atom. The summed E-state index contributed by atoms with van der Waals surface area (Å²) in [5.41, 5.74) is 13.0. The van der Waals surface area contributed by atoms with Gasteiger partial charge >= 0.3 is 0 Å². The van der Waals surface area contributed by atoms with Crippen molar-refractivity contribution in [3.8, 4) is 11.3 Å². The van der Waals surface area contributed by atoms with Crippen molar-refractivity contribution in [1.29, 1.82) is 0 Å². The highest BCUT2D eigenvalue weighted by atomic mass is 32.2. The lowest BCUT2D eigenvalue weighted by Crippen LogP contribution is -2.21. The van der Waals surface area contributed by atoms with Crippen LogP contribution in [0.2, 0.25) is 0 Å². The highest BCUT2D eigenvalue weighted by Crippen LogP contribution is 2.29. The van der Waals surface area contributed by atoms with Gasteiger partial charge < -0.3 is 16.8 Å². The predicted octanol–water partition coefficient (Wildman–Crippen LogP) is 2.57. The summed E-state index contributed by atoms with van der Waals surface area (Å²) in [6, 6.07) is 7.38. The smallest absolute Gasteiger partial charge is 0.264 e. The van der Waals surface area contributed by atoms with Crippen LogP contribution in [0.3, 0.4) is 0 Å². The Labute approximate surface area is 140 Å². The largest absolute Gasteiger partial charge is 0.370 e. The van der Waals surface area contributed by atoms with Gasteiger partial charge in [0.05, 0.1) is 10.6 Å². The number of nitro groups is 1. The number of nitrogens with zero attached hydrogens (tertiary/aromatic N) is 3. The Hall–Kier alpha value is -2.59. The Morgan fingerprint density at radius 2 is 2.30 bits per heavy atom. The minimum atomic E-state index is -0.495. The highest BCUT2D eigenvalue weighted by Gasteiger charge is 2.07. The monoisotopic (exact) mass is 350 g/mol. The molecule has 0 radical (unpaired) electrons. The molecule has 0 saturated carbocycles. The first-order valence-corrected chi connectivity index (χ1v) is 8.40. The van der Waals surface area contributed by atoms with Crippen molar-refractivity contribution in [1.82, 2.24) is 4.98 Å². The van der Waals surface area contributed by atoms with E-state index in [4.69, 9.17) is 11.5 Å². The van der Waals surface area contributed by atoms with Crippen LogP contribution >= 0.6 is 23.1 Å². The van der Waals surface area contributed by atoms with E-state index < -0.39 is 4.92 Å². The van der Waals surface area contributed by atoms with Gasteiger partial charge in [0.15, 0.2) is 5.96 Å². The van der Waals surface area contributed by atoms with Crippen LogP contribution in [0, 0.1) is 10.1 Å². The van der Waals surface area contributed by atoms with E-state index in [0.717, 1.165) is 23.1 Å². The number of nitrogens with two attached hydrogens (primary N) is 2. The van der Waals surface area contributed by atoms with E-state index in [-0.39, 0.29) is 5.96 Å². The van der Waals surface area contributed by atoms with Crippen LogP contribution in [0.1, 0.15) is 0 Å². The minimum Gasteiger partial charge on any atom is -0.370 e. The molecular formula is C13H14N6O2S2. The van der Waals surface area contributed by atoms with Crippen molar-refractivity contribution in [2.75, 3.05) is 11.6 Å². The first kappa shape index (κ1) is 16.8. The quantitative estimate of drug-likeness (QED) is 0.315. The maximum absolute atomic E-state index is 10.6. The lowest BCUT2D eigenvalue weighted by Gasteiger charge is -2.07. The number of benzene rings is 1. The van der Waals surface area contributed by atoms with Crippen molar-refractivity contribution in [2.45, 2.75) is 0 Å². The molecule has 23 heavy (non-hydrogen) atoms. The third-order valence-electron chi connectivity index (χ3n) is 2.59. The fourth-order valence-electron chi connectivity index (χ4n) is 1.69. The topological polar surface area (TPSA) is 132 Å². The molecule has 0 aliphatic carbocycles. The van der Waals surface area contributed by atoms with Gasteiger partial charge in [-0.2, -0.15) is 4.99 Å². The lowest BCUT2D eigenvalue weighted by atomic mass is 10.1. The Balaban J connectivity index is 2.24. The molecule has 1 heterocycles. The zero-order valence-electron chi connectivity index (χ0n) is 12.1. The summed E-state index contributed by atoms with van der Waals surface area (Å²) < 4.78 is 0. The SMILES string of the molecule is CS/C(=C\[N+](=O)[O-])Nc1cccc(-c2csc(N=C(N)N)n2)c1. The van der Waals surface area contributed by atoms with Crippen LogP contribution in [0.4, 0.5) is 10.8 Å². The van der Waals surface area contributed by atoms with Gasteiger partial charge in [-0.1, -0.05) is 12.1 Å². The van der Waals surface area contributed by atoms with Crippen molar-refractivity contribution in [3.63, 3.8) is 0 Å². The van der Waals surface area contributed by atoms with E-state index in [1.165, 1.54) is 23.1 Å². The molecule has 0 fully saturated rings. The molecule has 2 aromatic rings. The van der Waals surface area contributed by atoms with Crippen molar-refractivity contribution in [2.24, 2.45) is 16.5 Å². The molecule has 2 rings (SSSR count). The van der Waals surface area contributed by atoms with Gasteiger partial charge in [-0.3, -0.25) is 10.1 Å². The van der Waals surface area contributed by atoms with Crippen LogP contribution in [-0.2, 0) is 0 Å². The normalized spacial score (nSPS) is 11.1. The van der Waals surface area contributed by atoms with Crippen molar-refractivity contribution in [3.05, 3.63) is 51.0 Å². The zero-order valence-corrected chi connectivity index (χ0v) is 13.7. The second kappa shape index (κ2) is 7.61.